The summed E-state index contributed by atoms with van der Waals surface area (Å²) in [6, 6.07) is 4.84. The van der Waals surface area contributed by atoms with E-state index in [9.17, 15) is 4.79 Å². The average Bonchev–Trinajstić information content (AvgIpc) is 2.54. The molecule has 1 saturated heterocycles. The lowest BCUT2D eigenvalue weighted by molar-refractivity contribution is 0.121. The Bertz CT molecular complexity index is 703. The quantitative estimate of drug-likeness (QED) is 0.857. The van der Waals surface area contributed by atoms with E-state index in [1.807, 2.05) is 4.90 Å². The van der Waals surface area contributed by atoms with Crippen molar-refractivity contribution in [1.29, 1.82) is 0 Å². The predicted octanol–water partition coefficient (Wildman–Crippen LogP) is 1.65. The van der Waals surface area contributed by atoms with E-state index in [0.29, 0.717) is 54.7 Å². The maximum absolute atomic E-state index is 12.3. The Morgan fingerprint density at radius 2 is 1.71 bits per heavy atom. The highest BCUT2D eigenvalue weighted by Gasteiger charge is 2.17. The smallest absolute Gasteiger partial charge is 0.200 e. The van der Waals surface area contributed by atoms with Crippen molar-refractivity contribution in [2.75, 3.05) is 45.4 Å². The molecule has 0 bridgehead atoms. The molecule has 1 aromatic heterocycles. The van der Waals surface area contributed by atoms with Gasteiger partial charge < -0.3 is 23.5 Å². The highest BCUT2D eigenvalue weighted by Crippen LogP contribution is 2.32. The van der Waals surface area contributed by atoms with Crippen LogP contribution in [0.3, 0.4) is 0 Å². The van der Waals surface area contributed by atoms with Gasteiger partial charge in [-0.25, -0.2) is 0 Å². The number of morpholine rings is 1. The highest BCUT2D eigenvalue weighted by molar-refractivity contribution is 5.81. The zero-order chi connectivity index (χ0) is 14.8. The summed E-state index contributed by atoms with van der Waals surface area (Å²) >= 11 is 0. The molecule has 1 aliphatic heterocycles. The minimum atomic E-state index is -0.0984. The number of methoxy groups -OCH3 is 2. The molecule has 0 N–H and O–H groups in total. The molecule has 0 saturated carbocycles. The maximum atomic E-state index is 12.3. The average molecular weight is 291 g/mol. The Labute approximate surface area is 121 Å². The van der Waals surface area contributed by atoms with Gasteiger partial charge in [-0.2, -0.15) is 0 Å². The van der Waals surface area contributed by atoms with Crippen LogP contribution in [0.4, 0.5) is 5.88 Å². The fourth-order valence-corrected chi connectivity index (χ4v) is 2.41. The number of rotatable bonds is 3. The van der Waals surface area contributed by atoms with Crippen molar-refractivity contribution in [2.24, 2.45) is 0 Å². The molecule has 0 aliphatic carbocycles. The monoisotopic (exact) mass is 291 g/mol. The molecule has 112 valence electrons. The molecule has 0 radical (unpaired) electrons. The Hall–Kier alpha value is -2.21. The molecule has 21 heavy (non-hydrogen) atoms. The van der Waals surface area contributed by atoms with Crippen LogP contribution in [0.15, 0.2) is 27.4 Å². The van der Waals surface area contributed by atoms with Gasteiger partial charge >= 0.3 is 0 Å². The zero-order valence-corrected chi connectivity index (χ0v) is 12.0. The van der Waals surface area contributed by atoms with Gasteiger partial charge in [0.2, 0.25) is 0 Å². The minimum absolute atomic E-state index is 0.0984. The second-order valence-electron chi connectivity index (χ2n) is 4.75. The van der Waals surface area contributed by atoms with Crippen LogP contribution in [0.1, 0.15) is 0 Å². The van der Waals surface area contributed by atoms with E-state index in [2.05, 4.69) is 0 Å². The van der Waals surface area contributed by atoms with Crippen molar-refractivity contribution in [2.45, 2.75) is 0 Å². The third kappa shape index (κ3) is 2.54. The normalized spacial score (nSPS) is 15.2. The van der Waals surface area contributed by atoms with Crippen LogP contribution in [0.2, 0.25) is 0 Å². The van der Waals surface area contributed by atoms with Crippen molar-refractivity contribution in [3.8, 4) is 11.5 Å². The number of benzene rings is 1. The van der Waals surface area contributed by atoms with E-state index in [4.69, 9.17) is 18.6 Å². The van der Waals surface area contributed by atoms with Crippen molar-refractivity contribution in [1.82, 2.24) is 0 Å². The van der Waals surface area contributed by atoms with Crippen LogP contribution in [-0.2, 0) is 4.74 Å². The topological polar surface area (TPSA) is 61.1 Å². The summed E-state index contributed by atoms with van der Waals surface area (Å²) in [5.74, 6) is 1.60. The largest absolute Gasteiger partial charge is 0.493 e. The highest BCUT2D eigenvalue weighted by atomic mass is 16.5. The summed E-state index contributed by atoms with van der Waals surface area (Å²) in [7, 11) is 3.08. The van der Waals surface area contributed by atoms with Gasteiger partial charge in [-0.3, -0.25) is 4.79 Å². The van der Waals surface area contributed by atoms with Crippen LogP contribution in [0.25, 0.3) is 11.0 Å². The van der Waals surface area contributed by atoms with Gasteiger partial charge in [-0.15, -0.1) is 0 Å². The first kappa shape index (κ1) is 13.8. The van der Waals surface area contributed by atoms with Crippen molar-refractivity contribution >= 4 is 16.9 Å². The molecule has 0 amide bonds. The van der Waals surface area contributed by atoms with Gasteiger partial charge in [0.15, 0.2) is 22.8 Å². The number of hydrogen-bond donors (Lipinski definition) is 0. The van der Waals surface area contributed by atoms with Gasteiger partial charge in [-0.05, 0) is 6.07 Å². The van der Waals surface area contributed by atoms with Crippen LogP contribution < -0.4 is 19.8 Å². The Morgan fingerprint density at radius 3 is 2.38 bits per heavy atom. The summed E-state index contributed by atoms with van der Waals surface area (Å²) < 4.78 is 21.6. The van der Waals surface area contributed by atoms with Gasteiger partial charge in [0.25, 0.3) is 0 Å². The molecular weight excluding hydrogens is 274 g/mol. The van der Waals surface area contributed by atoms with E-state index in [1.54, 1.807) is 19.2 Å². The van der Waals surface area contributed by atoms with E-state index < -0.39 is 0 Å². The maximum Gasteiger partial charge on any atom is 0.200 e. The van der Waals surface area contributed by atoms with E-state index in [1.165, 1.54) is 13.2 Å². The van der Waals surface area contributed by atoms with Gasteiger partial charge in [0.05, 0.1) is 32.8 Å². The van der Waals surface area contributed by atoms with Crippen LogP contribution >= 0.6 is 0 Å². The molecule has 2 aromatic rings. The summed E-state index contributed by atoms with van der Waals surface area (Å²) in [4.78, 5) is 14.3. The summed E-state index contributed by atoms with van der Waals surface area (Å²) in [5.41, 5.74) is 0.389. The fraction of sp³-hybridized carbons (Fsp3) is 0.400. The molecule has 0 spiro atoms. The molecule has 3 rings (SSSR count). The van der Waals surface area contributed by atoms with Crippen molar-refractivity contribution < 1.29 is 18.6 Å². The summed E-state index contributed by atoms with van der Waals surface area (Å²) in [5, 5.41) is 0.477. The number of anilines is 1. The summed E-state index contributed by atoms with van der Waals surface area (Å²) in [6.45, 7) is 2.69. The Balaban J connectivity index is 2.11. The van der Waals surface area contributed by atoms with Gasteiger partial charge in [0.1, 0.15) is 5.58 Å². The van der Waals surface area contributed by atoms with E-state index in [0.717, 1.165) is 0 Å². The summed E-state index contributed by atoms with van der Waals surface area (Å²) in [6.07, 6.45) is 0. The first-order valence-electron chi connectivity index (χ1n) is 6.75. The lowest BCUT2D eigenvalue weighted by Gasteiger charge is -2.27. The third-order valence-corrected chi connectivity index (χ3v) is 3.54. The second-order valence-corrected chi connectivity index (χ2v) is 4.75. The Kier molecular flexibility index (Phi) is 3.70. The number of nitrogens with zero attached hydrogens (tertiary/aromatic N) is 1. The number of fused-ring (bicyclic) bond motifs is 1. The molecule has 1 aliphatic rings. The van der Waals surface area contributed by atoms with E-state index in [-0.39, 0.29) is 5.43 Å². The molecule has 2 heterocycles. The zero-order valence-electron chi connectivity index (χ0n) is 12.0. The van der Waals surface area contributed by atoms with Crippen LogP contribution in [0.5, 0.6) is 11.5 Å². The van der Waals surface area contributed by atoms with Crippen LogP contribution in [0, 0.1) is 0 Å². The molecule has 1 fully saturated rings. The minimum Gasteiger partial charge on any atom is -0.493 e. The standard InChI is InChI=1S/C15H17NO5/c1-18-13-7-10-11(17)8-15(16-3-5-20-6-4-16)21-12(10)9-14(13)19-2/h7-9H,3-6H2,1-2H3. The Morgan fingerprint density at radius 1 is 1.05 bits per heavy atom. The fourth-order valence-electron chi connectivity index (χ4n) is 2.41. The third-order valence-electron chi connectivity index (χ3n) is 3.54. The molecule has 1 aromatic carbocycles. The molecular formula is C15H17NO5. The number of hydrogen-bond acceptors (Lipinski definition) is 6. The van der Waals surface area contributed by atoms with Crippen LogP contribution in [-0.4, -0.2) is 40.5 Å². The van der Waals surface area contributed by atoms with Gasteiger partial charge in [0, 0.05) is 25.2 Å². The molecule has 0 unspecified atom stereocenters. The van der Waals surface area contributed by atoms with Gasteiger partial charge in [-0.1, -0.05) is 0 Å². The first-order valence-corrected chi connectivity index (χ1v) is 6.75. The SMILES string of the molecule is COc1cc2oc(N3CCOCC3)cc(=O)c2cc1OC. The molecule has 6 heteroatoms. The van der Waals surface area contributed by atoms with Crippen molar-refractivity contribution in [3.05, 3.63) is 28.4 Å². The first-order chi connectivity index (χ1) is 10.2. The predicted molar refractivity (Wildman–Crippen MR) is 78.6 cm³/mol. The molecule has 0 atom stereocenters. The van der Waals surface area contributed by atoms with Crippen molar-refractivity contribution in [3.63, 3.8) is 0 Å². The lowest BCUT2D eigenvalue weighted by Crippen LogP contribution is -2.36. The molecule has 6 nitrogen and oxygen atoms in total. The number of ether oxygens (including phenoxy) is 3. The van der Waals surface area contributed by atoms with E-state index >= 15 is 0 Å². The lowest BCUT2D eigenvalue weighted by atomic mass is 10.2. The second kappa shape index (κ2) is 5.65.